The summed E-state index contributed by atoms with van der Waals surface area (Å²) in [5.74, 6) is 0.614. The average molecular weight is 765 g/mol. The summed E-state index contributed by atoms with van der Waals surface area (Å²) in [6, 6.07) is 25.7. The molecule has 223 valence electrons. The summed E-state index contributed by atoms with van der Waals surface area (Å²) in [7, 11) is -1.45. The number of hydrogen-bond donors (Lipinski definition) is 0. The third kappa shape index (κ3) is 7.56. The molecule has 4 nitrogen and oxygen atoms in total. The van der Waals surface area contributed by atoms with E-state index in [2.05, 4.69) is 80.0 Å². The molecule has 6 rings (SSSR count). The SMILES string of the molecule is Cc1cc2c(oc3c[c-]c(-c4cc(CC(C)C)c([Si](C)(C)C)cn4)cc32)c(C)n1.[2H]C([2H])([2H])c1ccc(-c2[c-]cccc2)nc1.[Ir]. The van der Waals surface area contributed by atoms with Crippen LogP contribution in [0.1, 0.15) is 40.5 Å². The number of benzene rings is 2. The van der Waals surface area contributed by atoms with Crippen molar-refractivity contribution in [2.24, 2.45) is 5.92 Å². The minimum Gasteiger partial charge on any atom is -0.499 e. The molecule has 0 spiro atoms. The van der Waals surface area contributed by atoms with Crippen molar-refractivity contribution in [2.45, 2.75) is 60.6 Å². The van der Waals surface area contributed by atoms with Gasteiger partial charge in [-0.1, -0.05) is 62.6 Å². The van der Waals surface area contributed by atoms with Crippen LogP contribution in [0.25, 0.3) is 44.5 Å². The first-order valence-electron chi connectivity index (χ1n) is 15.9. The summed E-state index contributed by atoms with van der Waals surface area (Å²) in [5, 5.41) is 3.67. The van der Waals surface area contributed by atoms with E-state index in [1.54, 1.807) is 18.2 Å². The summed E-state index contributed by atoms with van der Waals surface area (Å²) < 4.78 is 27.8. The molecule has 0 aliphatic heterocycles. The molecule has 2 aromatic carbocycles. The summed E-state index contributed by atoms with van der Waals surface area (Å²) >= 11 is 0. The van der Waals surface area contributed by atoms with Crippen molar-refractivity contribution in [3.63, 3.8) is 0 Å². The van der Waals surface area contributed by atoms with Gasteiger partial charge in [0, 0.05) is 47.7 Å². The smallest absolute Gasteiger partial charge is 0.142 e. The van der Waals surface area contributed by atoms with Gasteiger partial charge in [0.15, 0.2) is 0 Å². The number of hydrogen-bond acceptors (Lipinski definition) is 4. The van der Waals surface area contributed by atoms with Crippen LogP contribution in [0.4, 0.5) is 0 Å². The van der Waals surface area contributed by atoms with Crippen LogP contribution in [0, 0.1) is 38.8 Å². The third-order valence-electron chi connectivity index (χ3n) is 7.14. The van der Waals surface area contributed by atoms with Gasteiger partial charge in [-0.2, -0.15) is 0 Å². The van der Waals surface area contributed by atoms with Gasteiger partial charge in [-0.05, 0) is 61.2 Å². The second-order valence-corrected chi connectivity index (χ2v) is 17.3. The van der Waals surface area contributed by atoms with Crippen LogP contribution >= 0.6 is 0 Å². The van der Waals surface area contributed by atoms with Crippen LogP contribution in [0.3, 0.4) is 0 Å². The topological polar surface area (TPSA) is 51.8 Å². The molecule has 0 fully saturated rings. The average Bonchev–Trinajstić information content (AvgIpc) is 3.35. The number of furan rings is 1. The maximum absolute atomic E-state index is 7.23. The van der Waals surface area contributed by atoms with Crippen molar-refractivity contribution in [3.8, 4) is 22.5 Å². The number of nitrogens with zero attached hydrogens (tertiary/aromatic N) is 3. The third-order valence-corrected chi connectivity index (χ3v) is 9.20. The Hall–Kier alpha value is -3.44. The fourth-order valence-corrected chi connectivity index (χ4v) is 6.80. The van der Waals surface area contributed by atoms with Gasteiger partial charge in [0.2, 0.25) is 0 Å². The van der Waals surface area contributed by atoms with Crippen LogP contribution < -0.4 is 5.19 Å². The van der Waals surface area contributed by atoms with E-state index in [1.807, 2.05) is 38.1 Å². The molecule has 0 atom stereocenters. The Balaban J connectivity index is 0.000000240. The molecule has 4 aromatic heterocycles. The Bertz CT molecular complexity index is 1950. The molecule has 0 saturated heterocycles. The Labute approximate surface area is 274 Å². The first-order chi connectivity index (χ1) is 21.2. The Morgan fingerprint density at radius 2 is 1.70 bits per heavy atom. The molecule has 4 heterocycles. The molecule has 0 saturated carbocycles. The summed E-state index contributed by atoms with van der Waals surface area (Å²) in [5.41, 5.74) is 8.92. The number of rotatable bonds is 5. The van der Waals surface area contributed by atoms with E-state index in [9.17, 15) is 0 Å². The van der Waals surface area contributed by atoms with Crippen molar-refractivity contribution in [1.29, 1.82) is 0 Å². The molecule has 0 aliphatic rings. The zero-order chi connectivity index (χ0) is 32.5. The van der Waals surface area contributed by atoms with Crippen molar-refractivity contribution in [3.05, 3.63) is 108 Å². The van der Waals surface area contributed by atoms with E-state index in [1.165, 1.54) is 16.9 Å². The summed E-state index contributed by atoms with van der Waals surface area (Å²) in [6.07, 6.45) is 4.59. The van der Waals surface area contributed by atoms with Crippen molar-refractivity contribution in [1.82, 2.24) is 15.0 Å². The molecule has 0 aliphatic carbocycles. The van der Waals surface area contributed by atoms with Gasteiger partial charge in [0.1, 0.15) is 5.58 Å². The Kier molecular flexibility index (Phi) is 8.87. The fraction of sp³-hybridized carbons (Fsp3) is 0.270. The van der Waals surface area contributed by atoms with E-state index >= 15 is 0 Å². The zero-order valence-corrected chi connectivity index (χ0v) is 29.2. The summed E-state index contributed by atoms with van der Waals surface area (Å²) in [6.45, 7) is 13.7. The van der Waals surface area contributed by atoms with E-state index in [4.69, 9.17) is 13.5 Å². The van der Waals surface area contributed by atoms with Gasteiger partial charge in [0.25, 0.3) is 0 Å². The first kappa shape index (κ1) is 28.3. The van der Waals surface area contributed by atoms with Crippen molar-refractivity contribution >= 4 is 35.2 Å². The fourth-order valence-electron chi connectivity index (χ4n) is 5.21. The quantitative estimate of drug-likeness (QED) is 0.130. The normalized spacial score (nSPS) is 12.7. The van der Waals surface area contributed by atoms with Crippen LogP contribution in [0.5, 0.6) is 0 Å². The number of aromatic nitrogens is 3. The Morgan fingerprint density at radius 1 is 0.907 bits per heavy atom. The van der Waals surface area contributed by atoms with Gasteiger partial charge in [-0.3, -0.25) is 4.98 Å². The number of aryl methyl sites for hydroxylation is 3. The maximum Gasteiger partial charge on any atom is 0.142 e. The summed E-state index contributed by atoms with van der Waals surface area (Å²) in [4.78, 5) is 13.5. The zero-order valence-electron chi connectivity index (χ0n) is 28.8. The van der Waals surface area contributed by atoms with Gasteiger partial charge in [-0.15, -0.1) is 59.7 Å². The Morgan fingerprint density at radius 3 is 2.35 bits per heavy atom. The molecule has 0 N–H and O–H groups in total. The molecule has 0 bridgehead atoms. The van der Waals surface area contributed by atoms with Crippen LogP contribution in [0.2, 0.25) is 19.6 Å². The van der Waals surface area contributed by atoms with Gasteiger partial charge < -0.3 is 14.4 Å². The largest absolute Gasteiger partial charge is 0.499 e. The van der Waals surface area contributed by atoms with Crippen LogP contribution in [-0.2, 0) is 26.5 Å². The number of pyridine rings is 3. The second kappa shape index (κ2) is 13.5. The minimum atomic E-state index is -2.09. The molecule has 1 radical (unpaired) electrons. The second-order valence-electron chi connectivity index (χ2n) is 12.2. The monoisotopic (exact) mass is 765 g/mol. The van der Waals surface area contributed by atoms with E-state index in [0.717, 1.165) is 62.3 Å². The standard InChI is InChI=1S/C25H29N2OSi.C12H10N.Ir/c1-15(2)10-19-13-22(26-14-24(19)29(5,6)7)18-8-9-23-20(12-18)21-11-16(3)27-17(4)25(21)28-23;1-10-7-8-12(13-9-10)11-5-3-2-4-6-11;/h9,11-15H,10H2,1-7H3;2-5,7-9H,1H3;/q2*-1;/i;1D3;. The van der Waals surface area contributed by atoms with E-state index < -0.39 is 14.9 Å². The molecule has 43 heavy (non-hydrogen) atoms. The maximum atomic E-state index is 7.23. The van der Waals surface area contributed by atoms with E-state index in [0.29, 0.717) is 5.92 Å². The van der Waals surface area contributed by atoms with E-state index in [-0.39, 0.29) is 25.7 Å². The molecular formula is C37H39IrN3OSi-2. The number of fused-ring (bicyclic) bond motifs is 3. The van der Waals surface area contributed by atoms with Crippen molar-refractivity contribution in [2.75, 3.05) is 0 Å². The van der Waals surface area contributed by atoms with Crippen LogP contribution in [0.15, 0.2) is 77.5 Å². The minimum absolute atomic E-state index is 0. The van der Waals surface area contributed by atoms with Gasteiger partial charge in [0.05, 0.1) is 19.4 Å². The molecular weight excluding hydrogens is 723 g/mol. The van der Waals surface area contributed by atoms with Crippen LogP contribution in [-0.4, -0.2) is 23.0 Å². The molecule has 6 heteroatoms. The van der Waals surface area contributed by atoms with Gasteiger partial charge >= 0.3 is 0 Å². The predicted octanol–water partition coefficient (Wildman–Crippen LogP) is 9.06. The van der Waals surface area contributed by atoms with Crippen molar-refractivity contribution < 1.29 is 28.6 Å². The molecule has 0 unspecified atom stereocenters. The molecule has 6 aromatic rings. The molecule has 0 amide bonds. The first-order valence-corrected chi connectivity index (χ1v) is 17.9. The van der Waals surface area contributed by atoms with Gasteiger partial charge in [-0.25, -0.2) is 0 Å². The predicted molar refractivity (Wildman–Crippen MR) is 178 cm³/mol.